The highest BCUT2D eigenvalue weighted by Crippen LogP contribution is 2.05. The third kappa shape index (κ3) is 1.66. The Bertz CT molecular complexity index is 77.0. The van der Waals surface area contributed by atoms with Gasteiger partial charge in [-0.15, -0.1) is 0 Å². The second-order valence-electron chi connectivity index (χ2n) is 2.61. The molecule has 1 N–H and O–H groups in total. The van der Waals surface area contributed by atoms with Crippen molar-refractivity contribution in [3.05, 3.63) is 0 Å². The first-order chi connectivity index (χ1) is 4.36. The molecule has 1 aliphatic heterocycles. The lowest BCUT2D eigenvalue weighted by molar-refractivity contribution is 0.136. The quantitative estimate of drug-likeness (QED) is 0.588. The van der Waals surface area contributed by atoms with E-state index in [0.717, 1.165) is 12.6 Å². The third-order valence-electron chi connectivity index (χ3n) is 1.90. The molecule has 0 radical (unpaired) electrons. The number of nitrogens with one attached hydrogen (secondary N) is 1. The van der Waals surface area contributed by atoms with Gasteiger partial charge < -0.3 is 10.2 Å². The predicted octanol–water partition coefficient (Wildman–Crippen LogP) is 0.300. The average Bonchev–Trinajstić information content (AvgIpc) is 1.77. The molecule has 0 unspecified atom stereocenters. The third-order valence-corrected chi connectivity index (χ3v) is 1.90. The van der Waals surface area contributed by atoms with Crippen LogP contribution in [0.3, 0.4) is 0 Å². The molecule has 1 saturated heterocycles. The zero-order valence-electron chi connectivity index (χ0n) is 6.35. The zero-order chi connectivity index (χ0) is 6.69. The summed E-state index contributed by atoms with van der Waals surface area (Å²) >= 11 is 0. The smallest absolute Gasteiger partial charge is 0.0322 e. The summed E-state index contributed by atoms with van der Waals surface area (Å²) in [5.74, 6) is 0. The Balaban J connectivity index is 1.98. The van der Waals surface area contributed by atoms with Gasteiger partial charge in [0.25, 0.3) is 0 Å². The van der Waals surface area contributed by atoms with Crippen molar-refractivity contribution in [2.75, 3.05) is 26.2 Å². The van der Waals surface area contributed by atoms with Gasteiger partial charge >= 0.3 is 0 Å². The first-order valence-corrected chi connectivity index (χ1v) is 3.82. The van der Waals surface area contributed by atoms with Crippen LogP contribution < -0.4 is 5.32 Å². The summed E-state index contributed by atoms with van der Waals surface area (Å²) in [6, 6.07) is 0.787. The van der Waals surface area contributed by atoms with Crippen molar-refractivity contribution >= 4 is 0 Å². The van der Waals surface area contributed by atoms with Crippen LogP contribution in [-0.2, 0) is 0 Å². The fourth-order valence-corrected chi connectivity index (χ4v) is 1.25. The number of hydrogen-bond donors (Lipinski definition) is 1. The van der Waals surface area contributed by atoms with E-state index in [1.54, 1.807) is 0 Å². The topological polar surface area (TPSA) is 15.3 Å². The molecule has 2 heteroatoms. The van der Waals surface area contributed by atoms with Crippen molar-refractivity contribution in [3.8, 4) is 0 Å². The van der Waals surface area contributed by atoms with Crippen molar-refractivity contribution < 1.29 is 0 Å². The maximum Gasteiger partial charge on any atom is 0.0322 e. The highest BCUT2D eigenvalue weighted by atomic mass is 15.2. The molecular weight excluding hydrogens is 112 g/mol. The molecule has 1 heterocycles. The second kappa shape index (κ2) is 3.18. The summed E-state index contributed by atoms with van der Waals surface area (Å²) in [6.07, 6.45) is 0. The largest absolute Gasteiger partial charge is 0.312 e. The summed E-state index contributed by atoms with van der Waals surface area (Å²) < 4.78 is 0. The van der Waals surface area contributed by atoms with Gasteiger partial charge in [0.1, 0.15) is 0 Å². The first-order valence-electron chi connectivity index (χ1n) is 3.82. The van der Waals surface area contributed by atoms with E-state index in [4.69, 9.17) is 0 Å². The van der Waals surface area contributed by atoms with Crippen molar-refractivity contribution in [2.45, 2.75) is 19.9 Å². The van der Waals surface area contributed by atoms with Crippen LogP contribution in [0.25, 0.3) is 0 Å². The van der Waals surface area contributed by atoms with E-state index in [1.165, 1.54) is 19.6 Å². The Morgan fingerprint density at radius 3 is 2.56 bits per heavy atom. The van der Waals surface area contributed by atoms with Crippen LogP contribution in [0.4, 0.5) is 0 Å². The van der Waals surface area contributed by atoms with Crippen molar-refractivity contribution in [2.24, 2.45) is 0 Å². The zero-order valence-corrected chi connectivity index (χ0v) is 6.35. The molecule has 54 valence electrons. The Labute approximate surface area is 57.2 Å². The monoisotopic (exact) mass is 128 g/mol. The number of rotatable bonds is 3. The SMILES string of the molecule is CCNC1CN(CC)C1. The normalized spacial score (nSPS) is 22.0. The fourth-order valence-electron chi connectivity index (χ4n) is 1.25. The Morgan fingerprint density at radius 1 is 1.44 bits per heavy atom. The summed E-state index contributed by atoms with van der Waals surface area (Å²) in [6.45, 7) is 9.20. The van der Waals surface area contributed by atoms with Gasteiger partial charge in [-0.1, -0.05) is 13.8 Å². The van der Waals surface area contributed by atoms with Crippen LogP contribution in [0.15, 0.2) is 0 Å². The predicted molar refractivity (Wildman–Crippen MR) is 39.6 cm³/mol. The van der Waals surface area contributed by atoms with Gasteiger partial charge in [0.05, 0.1) is 0 Å². The maximum atomic E-state index is 3.40. The molecule has 0 spiro atoms. The molecule has 2 nitrogen and oxygen atoms in total. The number of hydrogen-bond acceptors (Lipinski definition) is 2. The molecule has 0 aliphatic carbocycles. The number of nitrogens with zero attached hydrogens (tertiary/aromatic N) is 1. The molecule has 0 aromatic heterocycles. The minimum absolute atomic E-state index is 0.787. The van der Waals surface area contributed by atoms with E-state index in [9.17, 15) is 0 Å². The van der Waals surface area contributed by atoms with Crippen LogP contribution in [-0.4, -0.2) is 37.1 Å². The van der Waals surface area contributed by atoms with Gasteiger partial charge in [-0.2, -0.15) is 0 Å². The molecule has 0 aromatic rings. The van der Waals surface area contributed by atoms with Crippen LogP contribution in [0, 0.1) is 0 Å². The van der Waals surface area contributed by atoms with Gasteiger partial charge in [0, 0.05) is 19.1 Å². The highest BCUT2D eigenvalue weighted by molar-refractivity contribution is 4.83. The number of likely N-dealkylation sites (N-methyl/N-ethyl adjacent to an activating group) is 2. The van der Waals surface area contributed by atoms with Crippen LogP contribution in [0.1, 0.15) is 13.8 Å². The molecule has 0 bridgehead atoms. The standard InChI is InChI=1S/C7H16N2/c1-3-8-7-5-9(4-2)6-7/h7-8H,3-6H2,1-2H3. The van der Waals surface area contributed by atoms with Crippen molar-refractivity contribution in [3.63, 3.8) is 0 Å². The molecule has 0 amide bonds. The van der Waals surface area contributed by atoms with Crippen molar-refractivity contribution in [1.29, 1.82) is 0 Å². The molecule has 0 atom stereocenters. The summed E-state index contributed by atoms with van der Waals surface area (Å²) in [7, 11) is 0. The van der Waals surface area contributed by atoms with Crippen LogP contribution in [0.5, 0.6) is 0 Å². The van der Waals surface area contributed by atoms with Gasteiger partial charge in [-0.25, -0.2) is 0 Å². The number of likely N-dealkylation sites (tertiary alicyclic amines) is 1. The van der Waals surface area contributed by atoms with Gasteiger partial charge in [0.2, 0.25) is 0 Å². The lowest BCUT2D eigenvalue weighted by Gasteiger charge is -2.38. The van der Waals surface area contributed by atoms with Gasteiger partial charge in [-0.3, -0.25) is 0 Å². The van der Waals surface area contributed by atoms with Crippen LogP contribution in [0.2, 0.25) is 0 Å². The molecule has 0 saturated carbocycles. The molecule has 9 heavy (non-hydrogen) atoms. The van der Waals surface area contributed by atoms with Gasteiger partial charge in [-0.05, 0) is 13.1 Å². The molecule has 1 fully saturated rings. The Hall–Kier alpha value is -0.0800. The molecule has 1 rings (SSSR count). The molecule has 1 aliphatic rings. The minimum Gasteiger partial charge on any atom is -0.312 e. The van der Waals surface area contributed by atoms with Crippen molar-refractivity contribution in [1.82, 2.24) is 10.2 Å². The summed E-state index contributed by atoms with van der Waals surface area (Å²) in [5, 5.41) is 3.40. The fraction of sp³-hybridized carbons (Fsp3) is 1.00. The molecule has 0 aromatic carbocycles. The van der Waals surface area contributed by atoms with E-state index in [2.05, 4.69) is 24.1 Å². The van der Waals surface area contributed by atoms with E-state index in [1.807, 2.05) is 0 Å². The first kappa shape index (κ1) is 7.03. The van der Waals surface area contributed by atoms with E-state index in [-0.39, 0.29) is 0 Å². The lowest BCUT2D eigenvalue weighted by atomic mass is 10.1. The lowest BCUT2D eigenvalue weighted by Crippen LogP contribution is -2.57. The second-order valence-corrected chi connectivity index (χ2v) is 2.61. The molecular formula is C7H16N2. The Morgan fingerprint density at radius 2 is 2.11 bits per heavy atom. The average molecular weight is 128 g/mol. The summed E-state index contributed by atoms with van der Waals surface area (Å²) in [5.41, 5.74) is 0. The van der Waals surface area contributed by atoms with Gasteiger partial charge in [0.15, 0.2) is 0 Å². The minimum atomic E-state index is 0.787. The summed E-state index contributed by atoms with van der Waals surface area (Å²) in [4.78, 5) is 2.44. The van der Waals surface area contributed by atoms with E-state index < -0.39 is 0 Å². The van der Waals surface area contributed by atoms with E-state index in [0.29, 0.717) is 0 Å². The Kier molecular flexibility index (Phi) is 2.49. The maximum absolute atomic E-state index is 3.40. The van der Waals surface area contributed by atoms with Crippen LogP contribution >= 0.6 is 0 Å². The van der Waals surface area contributed by atoms with E-state index >= 15 is 0 Å². The highest BCUT2D eigenvalue weighted by Gasteiger charge is 2.23.